The molecule has 2 atom stereocenters. The van der Waals surface area contributed by atoms with Gasteiger partial charge in [-0.25, -0.2) is 19.5 Å². The lowest BCUT2D eigenvalue weighted by molar-refractivity contribution is -0.432. The Hall–Kier alpha value is -6.59. The molecule has 22 nitrogen and oxygen atoms in total. The van der Waals surface area contributed by atoms with Gasteiger partial charge in [-0.15, -0.1) is 4.33 Å². The summed E-state index contributed by atoms with van der Waals surface area (Å²) >= 11 is -1.58. The Balaban J connectivity index is 0.965. The number of benzene rings is 6. The van der Waals surface area contributed by atoms with Crippen molar-refractivity contribution >= 4 is 117 Å². The number of hydrogen-bond acceptors (Lipinski definition) is 20. The topological polar surface area (TPSA) is 303 Å². The average molecular weight is 1040 g/mol. The van der Waals surface area contributed by atoms with E-state index in [1.54, 1.807) is 36.4 Å². The zero-order valence-electron chi connectivity index (χ0n) is 37.1. The van der Waals surface area contributed by atoms with Gasteiger partial charge < -0.3 is 30.3 Å². The fourth-order valence-electron chi connectivity index (χ4n) is 8.86. The second kappa shape index (κ2) is 19.9. The van der Waals surface area contributed by atoms with Crippen LogP contribution in [-0.4, -0.2) is 104 Å². The first-order valence-electron chi connectivity index (χ1n) is 22.0. The summed E-state index contributed by atoms with van der Waals surface area (Å²) in [7, 11) is -9.40. The summed E-state index contributed by atoms with van der Waals surface area (Å²) in [5, 5.41) is 28.8. The fourth-order valence-corrected chi connectivity index (χ4v) is 11.2. The third-order valence-corrected chi connectivity index (χ3v) is 15.1. The number of nitrogens with zero attached hydrogens (tertiary/aromatic N) is 7. The van der Waals surface area contributed by atoms with Gasteiger partial charge in [-0.1, -0.05) is 47.5 Å². The first-order valence-corrected chi connectivity index (χ1v) is 26.7. The molecule has 26 heteroatoms. The Morgan fingerprint density at radius 2 is 1.44 bits per heavy atom. The maximum atomic E-state index is 12.6. The SMILES string of the molecule is O=S(O)c1cc(NC2=NC(Nc3cccc4c(Nc5nc(Cc6cc(S(=O)(=O)O)c7ccc(S(=O)(=O)O)cc7c6)nc(N6CCCC6)n5)cccc34)N=C(N3CCCC3)N2)cc2cc(SOOO)ccc12. The van der Waals surface area contributed by atoms with Crippen LogP contribution in [0.4, 0.5) is 29.0 Å². The normalized spacial score (nSPS) is 16.8. The number of guanidine groups is 2. The second-order valence-corrected chi connectivity index (χ2v) is 21.3. The predicted molar refractivity (Wildman–Crippen MR) is 268 cm³/mol. The number of anilines is 5. The molecule has 2 saturated heterocycles. The molecule has 2 fully saturated rings. The van der Waals surface area contributed by atoms with Crippen molar-refractivity contribution in [2.45, 2.75) is 58.0 Å². The third-order valence-electron chi connectivity index (χ3n) is 12.0. The van der Waals surface area contributed by atoms with Crippen LogP contribution in [0.15, 0.2) is 127 Å². The Morgan fingerprint density at radius 3 is 2.15 bits per heavy atom. The molecule has 10 rings (SSSR count). The van der Waals surface area contributed by atoms with Crippen molar-refractivity contribution in [1.82, 2.24) is 25.2 Å². The molecule has 0 radical (unpaired) electrons. The second-order valence-electron chi connectivity index (χ2n) is 16.7. The molecule has 71 heavy (non-hydrogen) atoms. The largest absolute Gasteiger partial charge is 0.345 e. The van der Waals surface area contributed by atoms with Crippen LogP contribution < -0.4 is 26.2 Å². The monoisotopic (exact) mass is 1040 g/mol. The van der Waals surface area contributed by atoms with Crippen LogP contribution in [0, 0.1) is 0 Å². The first-order chi connectivity index (χ1) is 34.1. The number of fused-ring (bicyclic) bond motifs is 3. The minimum atomic E-state index is -4.78. The van der Waals surface area contributed by atoms with Crippen molar-refractivity contribution in [3.63, 3.8) is 0 Å². The molecule has 0 amide bonds. The van der Waals surface area contributed by atoms with E-state index >= 15 is 0 Å². The zero-order chi connectivity index (χ0) is 49.4. The van der Waals surface area contributed by atoms with E-state index in [4.69, 9.17) is 30.2 Å². The molecule has 4 heterocycles. The molecule has 1 aromatic heterocycles. The van der Waals surface area contributed by atoms with Crippen molar-refractivity contribution in [2.24, 2.45) is 9.98 Å². The Morgan fingerprint density at radius 1 is 0.732 bits per heavy atom. The number of aliphatic imine (C=N–C) groups is 2. The Bertz CT molecular complexity index is 3560. The molecular weight excluding hydrogens is 999 g/mol. The lowest BCUT2D eigenvalue weighted by Gasteiger charge is -2.28. The summed E-state index contributed by atoms with van der Waals surface area (Å²) in [5.74, 6) is 1.79. The van der Waals surface area contributed by atoms with E-state index in [2.05, 4.69) is 35.5 Å². The van der Waals surface area contributed by atoms with Crippen molar-refractivity contribution in [2.75, 3.05) is 47.0 Å². The van der Waals surface area contributed by atoms with Gasteiger partial charge in [-0.2, -0.15) is 31.8 Å². The minimum Gasteiger partial charge on any atom is -0.345 e. The van der Waals surface area contributed by atoms with Crippen molar-refractivity contribution in [3.05, 3.63) is 108 Å². The van der Waals surface area contributed by atoms with E-state index in [1.807, 2.05) is 41.3 Å². The van der Waals surface area contributed by atoms with E-state index in [-0.39, 0.29) is 33.9 Å². The molecule has 2 unspecified atom stereocenters. The molecule has 7 aromatic rings. The molecule has 368 valence electrons. The molecule has 3 aliphatic rings. The van der Waals surface area contributed by atoms with Gasteiger partial charge in [0.2, 0.25) is 30.1 Å². The molecular formula is C45H43N11O11S4. The van der Waals surface area contributed by atoms with Crippen LogP contribution in [0.5, 0.6) is 0 Å². The number of hydrogen-bond donors (Lipinski definition) is 8. The summed E-state index contributed by atoms with van der Waals surface area (Å²) in [6.45, 7) is 2.97. The summed E-state index contributed by atoms with van der Waals surface area (Å²) in [5.41, 5.74) is 2.16. The molecule has 3 aliphatic heterocycles. The highest BCUT2D eigenvalue weighted by Gasteiger charge is 2.26. The van der Waals surface area contributed by atoms with Crippen LogP contribution >= 0.6 is 12.0 Å². The van der Waals surface area contributed by atoms with E-state index in [1.165, 1.54) is 12.1 Å². The summed E-state index contributed by atoms with van der Waals surface area (Å²) < 4.78 is 96.5. The van der Waals surface area contributed by atoms with Gasteiger partial charge in [0.05, 0.1) is 21.8 Å². The van der Waals surface area contributed by atoms with Gasteiger partial charge in [-0.3, -0.25) is 14.4 Å². The number of aromatic nitrogens is 3. The molecule has 6 aromatic carbocycles. The number of likely N-dealkylation sites (tertiary alicyclic amines) is 1. The van der Waals surface area contributed by atoms with Gasteiger partial charge in [0, 0.05) is 76.1 Å². The van der Waals surface area contributed by atoms with E-state index in [0.717, 1.165) is 73.7 Å². The lowest BCUT2D eigenvalue weighted by Crippen LogP contribution is -2.49. The fraction of sp³-hybridized carbons (Fsp3) is 0.222. The van der Waals surface area contributed by atoms with Gasteiger partial charge in [0.25, 0.3) is 20.2 Å². The Kier molecular flexibility index (Phi) is 13.5. The van der Waals surface area contributed by atoms with Gasteiger partial charge in [-0.05, 0) is 96.6 Å². The summed E-state index contributed by atoms with van der Waals surface area (Å²) in [6.07, 6.45) is 2.97. The third kappa shape index (κ3) is 10.7. The van der Waals surface area contributed by atoms with Gasteiger partial charge in [0.1, 0.15) is 10.7 Å². The number of rotatable bonds is 14. The maximum Gasteiger partial charge on any atom is 0.295 e. The first kappa shape index (κ1) is 48.1. The highest BCUT2D eigenvalue weighted by Crippen LogP contribution is 2.34. The highest BCUT2D eigenvalue weighted by molar-refractivity contribution is 7.94. The zero-order valence-corrected chi connectivity index (χ0v) is 40.4. The molecule has 0 saturated carbocycles. The van der Waals surface area contributed by atoms with Crippen molar-refractivity contribution < 1.29 is 49.3 Å². The van der Waals surface area contributed by atoms with E-state index in [0.29, 0.717) is 69.3 Å². The van der Waals surface area contributed by atoms with E-state index in [9.17, 15) is 34.7 Å². The summed E-state index contributed by atoms with van der Waals surface area (Å²) in [4.78, 5) is 28.1. The molecule has 0 aliphatic carbocycles. The maximum absolute atomic E-state index is 12.6. The standard InChI is InChI=1S/C45H43N11O11S4/c57-66-67-68-30-11-13-32-28(23-30)22-29(25-38(32)69(58)59)46-41-51-43(54-45(52-41)56-17-3-4-18-56)48-37-10-6-7-34-35(37)8-5-9-36(34)47-42-49-40(50-44(53-42)55-15-1-2-16-55)21-26-19-27-24-31(70(60,61)62)12-14-33(27)39(20-26)71(63,64)65/h5-14,19-20,22-25,43,48,57H,1-4,15-18,21H2,(H,58,59)(H,60,61,62)(H,63,64,65)(H2,46,51,52,54)(H,47,49,50,53). The van der Waals surface area contributed by atoms with Crippen LogP contribution in [0.25, 0.3) is 32.3 Å². The molecule has 0 spiro atoms. The summed E-state index contributed by atoms with van der Waals surface area (Å²) in [6, 6.07) is 26.1. The number of nitrogens with one attached hydrogen (secondary N) is 4. The van der Waals surface area contributed by atoms with Gasteiger partial charge >= 0.3 is 0 Å². The van der Waals surface area contributed by atoms with Crippen LogP contribution in [0.1, 0.15) is 37.1 Å². The Labute approximate surface area is 412 Å². The average Bonchev–Trinajstić information content (AvgIpc) is 4.09. The smallest absolute Gasteiger partial charge is 0.295 e. The minimum absolute atomic E-state index is 0.0382. The quantitative estimate of drug-likeness (QED) is 0.0179. The van der Waals surface area contributed by atoms with Crippen molar-refractivity contribution in [3.8, 4) is 0 Å². The van der Waals surface area contributed by atoms with Crippen LogP contribution in [0.2, 0.25) is 0 Å². The molecule has 8 N–H and O–H groups in total. The lowest BCUT2D eigenvalue weighted by atomic mass is 10.0. The molecule has 0 bridgehead atoms. The van der Waals surface area contributed by atoms with Crippen molar-refractivity contribution in [1.29, 1.82) is 0 Å². The predicted octanol–water partition coefficient (Wildman–Crippen LogP) is 6.99. The van der Waals surface area contributed by atoms with Gasteiger partial charge in [0.15, 0.2) is 11.1 Å². The van der Waals surface area contributed by atoms with Crippen LogP contribution in [0.3, 0.4) is 0 Å². The van der Waals surface area contributed by atoms with Crippen LogP contribution in [-0.2, 0) is 47.1 Å². The van der Waals surface area contributed by atoms with E-state index < -0.39 is 47.4 Å². The highest BCUT2D eigenvalue weighted by atomic mass is 32.2.